The van der Waals surface area contributed by atoms with E-state index in [0.29, 0.717) is 6.42 Å². The minimum Gasteiger partial charge on any atom is -0.303 e. The molecule has 0 aliphatic carbocycles. The van der Waals surface area contributed by atoms with E-state index < -0.39 is 0 Å². The van der Waals surface area contributed by atoms with Gasteiger partial charge in [-0.25, -0.2) is 4.39 Å². The fourth-order valence-corrected chi connectivity index (χ4v) is 1.29. The van der Waals surface area contributed by atoms with Crippen molar-refractivity contribution in [2.45, 2.75) is 26.2 Å². The Balaban J connectivity index is 2.64. The van der Waals surface area contributed by atoms with E-state index in [4.69, 9.17) is 0 Å². The highest BCUT2D eigenvalue weighted by molar-refractivity contribution is 5.49. The van der Waals surface area contributed by atoms with Gasteiger partial charge in [-0.05, 0) is 43.0 Å². The summed E-state index contributed by atoms with van der Waals surface area (Å²) in [6.07, 6.45) is 3.03. The summed E-state index contributed by atoms with van der Waals surface area (Å²) in [4.78, 5) is 10.1. The second-order valence-electron chi connectivity index (χ2n) is 3.13. The Morgan fingerprint density at radius 1 is 1.46 bits per heavy atom. The van der Waals surface area contributed by atoms with Crippen LogP contribution in [0.1, 0.15) is 24.0 Å². The van der Waals surface area contributed by atoms with Gasteiger partial charge in [0.1, 0.15) is 12.1 Å². The third-order valence-electron chi connectivity index (χ3n) is 2.08. The highest BCUT2D eigenvalue weighted by atomic mass is 19.1. The number of aryl methyl sites for hydroxylation is 2. The van der Waals surface area contributed by atoms with Crippen molar-refractivity contribution in [2.75, 3.05) is 0 Å². The van der Waals surface area contributed by atoms with Crippen molar-refractivity contribution in [3.05, 3.63) is 35.1 Å². The van der Waals surface area contributed by atoms with Crippen LogP contribution in [0.2, 0.25) is 0 Å². The molecule has 0 aliphatic rings. The smallest absolute Gasteiger partial charge is 0.123 e. The SMILES string of the molecule is Cc1ccc(F)cc1CCCC=O. The van der Waals surface area contributed by atoms with E-state index in [0.717, 1.165) is 30.3 Å². The lowest BCUT2D eigenvalue weighted by molar-refractivity contribution is -0.107. The second kappa shape index (κ2) is 4.75. The monoisotopic (exact) mass is 180 g/mol. The van der Waals surface area contributed by atoms with Gasteiger partial charge >= 0.3 is 0 Å². The standard InChI is InChI=1S/C11H13FO/c1-9-5-6-11(12)8-10(9)4-2-3-7-13/h5-8H,2-4H2,1H3. The largest absolute Gasteiger partial charge is 0.303 e. The van der Waals surface area contributed by atoms with Crippen molar-refractivity contribution in [3.8, 4) is 0 Å². The Labute approximate surface area is 77.6 Å². The minimum absolute atomic E-state index is 0.202. The molecule has 0 fully saturated rings. The van der Waals surface area contributed by atoms with Gasteiger partial charge in [-0.2, -0.15) is 0 Å². The summed E-state index contributed by atoms with van der Waals surface area (Å²) in [5, 5.41) is 0. The molecule has 0 unspecified atom stereocenters. The summed E-state index contributed by atoms with van der Waals surface area (Å²) < 4.78 is 12.8. The molecule has 0 N–H and O–H groups in total. The molecule has 0 spiro atoms. The van der Waals surface area contributed by atoms with Crippen LogP contribution in [0.15, 0.2) is 18.2 Å². The molecule has 0 heterocycles. The topological polar surface area (TPSA) is 17.1 Å². The molecule has 1 aromatic carbocycles. The number of aldehydes is 1. The van der Waals surface area contributed by atoms with E-state index in [-0.39, 0.29) is 5.82 Å². The second-order valence-corrected chi connectivity index (χ2v) is 3.13. The first-order chi connectivity index (χ1) is 6.24. The Morgan fingerprint density at radius 3 is 2.92 bits per heavy atom. The lowest BCUT2D eigenvalue weighted by Crippen LogP contribution is -1.91. The molecule has 0 aromatic heterocycles. The zero-order valence-electron chi connectivity index (χ0n) is 7.72. The highest BCUT2D eigenvalue weighted by Gasteiger charge is 1.99. The van der Waals surface area contributed by atoms with Crippen LogP contribution in [0.25, 0.3) is 0 Å². The van der Waals surface area contributed by atoms with Crippen LogP contribution >= 0.6 is 0 Å². The molecule has 1 aromatic rings. The van der Waals surface area contributed by atoms with E-state index in [1.165, 1.54) is 6.07 Å². The van der Waals surface area contributed by atoms with Crippen LogP contribution in [0.4, 0.5) is 4.39 Å². The molecule has 0 atom stereocenters. The summed E-state index contributed by atoms with van der Waals surface area (Å²) in [6.45, 7) is 1.95. The molecular formula is C11H13FO. The van der Waals surface area contributed by atoms with E-state index in [1.54, 1.807) is 12.1 Å². The normalized spacial score (nSPS) is 10.0. The first-order valence-corrected chi connectivity index (χ1v) is 4.42. The van der Waals surface area contributed by atoms with Crippen molar-refractivity contribution in [1.82, 2.24) is 0 Å². The number of carbonyl (C=O) groups is 1. The third kappa shape index (κ3) is 2.98. The lowest BCUT2D eigenvalue weighted by atomic mass is 10.0. The molecule has 0 amide bonds. The summed E-state index contributed by atoms with van der Waals surface area (Å²) >= 11 is 0. The van der Waals surface area contributed by atoms with E-state index in [9.17, 15) is 9.18 Å². The third-order valence-corrected chi connectivity index (χ3v) is 2.08. The number of halogens is 1. The fraction of sp³-hybridized carbons (Fsp3) is 0.364. The first kappa shape index (κ1) is 9.90. The quantitative estimate of drug-likeness (QED) is 0.514. The van der Waals surface area contributed by atoms with Crippen molar-refractivity contribution >= 4 is 6.29 Å². The Bertz CT molecular complexity index is 294. The summed E-state index contributed by atoms with van der Waals surface area (Å²) in [5.74, 6) is -0.202. The summed E-state index contributed by atoms with van der Waals surface area (Å²) in [7, 11) is 0. The molecule has 2 heteroatoms. The molecule has 0 saturated heterocycles. The van der Waals surface area contributed by atoms with Gasteiger partial charge in [0.15, 0.2) is 0 Å². The fourth-order valence-electron chi connectivity index (χ4n) is 1.29. The van der Waals surface area contributed by atoms with Crippen LogP contribution in [-0.2, 0) is 11.2 Å². The first-order valence-electron chi connectivity index (χ1n) is 4.42. The van der Waals surface area contributed by atoms with Gasteiger partial charge in [0.25, 0.3) is 0 Å². The number of hydrogen-bond acceptors (Lipinski definition) is 1. The Morgan fingerprint density at radius 2 is 2.23 bits per heavy atom. The predicted molar refractivity (Wildman–Crippen MR) is 50.1 cm³/mol. The van der Waals surface area contributed by atoms with Gasteiger partial charge in [-0.15, -0.1) is 0 Å². The molecule has 1 rings (SSSR count). The average molecular weight is 180 g/mol. The molecule has 70 valence electrons. The highest BCUT2D eigenvalue weighted by Crippen LogP contribution is 2.12. The predicted octanol–water partition coefficient (Wildman–Crippen LogP) is 2.66. The van der Waals surface area contributed by atoms with Gasteiger partial charge in [0.05, 0.1) is 0 Å². The van der Waals surface area contributed by atoms with Gasteiger partial charge in [0, 0.05) is 6.42 Å². The number of unbranched alkanes of at least 4 members (excludes halogenated alkanes) is 1. The minimum atomic E-state index is -0.202. The molecule has 0 bridgehead atoms. The van der Waals surface area contributed by atoms with Gasteiger partial charge in [-0.3, -0.25) is 0 Å². The van der Waals surface area contributed by atoms with Crippen LogP contribution < -0.4 is 0 Å². The molecule has 1 nitrogen and oxygen atoms in total. The van der Waals surface area contributed by atoms with E-state index in [1.807, 2.05) is 6.92 Å². The van der Waals surface area contributed by atoms with Crippen molar-refractivity contribution in [2.24, 2.45) is 0 Å². The zero-order chi connectivity index (χ0) is 9.68. The van der Waals surface area contributed by atoms with Crippen LogP contribution in [-0.4, -0.2) is 6.29 Å². The van der Waals surface area contributed by atoms with Gasteiger partial charge in [-0.1, -0.05) is 6.07 Å². The molecule has 0 radical (unpaired) electrons. The van der Waals surface area contributed by atoms with Crippen LogP contribution in [0, 0.1) is 12.7 Å². The summed E-state index contributed by atoms with van der Waals surface area (Å²) in [6, 6.07) is 4.77. The zero-order valence-corrected chi connectivity index (χ0v) is 7.72. The van der Waals surface area contributed by atoms with Gasteiger partial charge < -0.3 is 4.79 Å². The number of hydrogen-bond donors (Lipinski definition) is 0. The Kier molecular flexibility index (Phi) is 3.62. The Hall–Kier alpha value is -1.18. The molecular weight excluding hydrogens is 167 g/mol. The number of benzene rings is 1. The van der Waals surface area contributed by atoms with Gasteiger partial charge in [0.2, 0.25) is 0 Å². The van der Waals surface area contributed by atoms with E-state index >= 15 is 0 Å². The number of rotatable bonds is 4. The lowest BCUT2D eigenvalue weighted by Gasteiger charge is -2.03. The van der Waals surface area contributed by atoms with Crippen molar-refractivity contribution in [1.29, 1.82) is 0 Å². The molecule has 0 saturated carbocycles. The van der Waals surface area contributed by atoms with Crippen LogP contribution in [0.3, 0.4) is 0 Å². The maximum Gasteiger partial charge on any atom is 0.123 e. The van der Waals surface area contributed by atoms with Crippen molar-refractivity contribution < 1.29 is 9.18 Å². The molecule has 13 heavy (non-hydrogen) atoms. The maximum atomic E-state index is 12.8. The van der Waals surface area contributed by atoms with E-state index in [2.05, 4.69) is 0 Å². The average Bonchev–Trinajstić information content (AvgIpc) is 2.11. The van der Waals surface area contributed by atoms with Crippen molar-refractivity contribution in [3.63, 3.8) is 0 Å². The maximum absolute atomic E-state index is 12.8. The summed E-state index contributed by atoms with van der Waals surface area (Å²) in [5.41, 5.74) is 2.09. The molecule has 0 aliphatic heterocycles. The van der Waals surface area contributed by atoms with Crippen LogP contribution in [0.5, 0.6) is 0 Å². The number of carbonyl (C=O) groups excluding carboxylic acids is 1.